The SMILES string of the molecule is CC(C)(C)c1nsc(NC(c2cccc(Cl)c2)c2ccccn2)n1. The first kappa shape index (κ1) is 16.9. The number of halogens is 1. The Morgan fingerprint density at radius 2 is 1.96 bits per heavy atom. The lowest BCUT2D eigenvalue weighted by Gasteiger charge is -2.18. The van der Waals surface area contributed by atoms with Gasteiger partial charge in [0.25, 0.3) is 0 Å². The summed E-state index contributed by atoms with van der Waals surface area (Å²) in [7, 11) is 0. The molecule has 0 aliphatic rings. The van der Waals surface area contributed by atoms with Gasteiger partial charge in [-0.05, 0) is 29.8 Å². The molecular weight excluding hydrogens is 340 g/mol. The number of pyridine rings is 1. The van der Waals surface area contributed by atoms with E-state index in [1.54, 1.807) is 6.20 Å². The van der Waals surface area contributed by atoms with Crippen molar-refractivity contribution < 1.29 is 0 Å². The first-order valence-corrected chi connectivity index (χ1v) is 8.86. The summed E-state index contributed by atoms with van der Waals surface area (Å²) >= 11 is 7.54. The van der Waals surface area contributed by atoms with E-state index in [1.807, 2.05) is 42.5 Å². The maximum absolute atomic E-state index is 6.17. The molecule has 0 radical (unpaired) electrons. The van der Waals surface area contributed by atoms with Crippen molar-refractivity contribution in [2.24, 2.45) is 0 Å². The number of nitrogens with one attached hydrogen (secondary N) is 1. The van der Waals surface area contributed by atoms with Crippen molar-refractivity contribution >= 4 is 28.3 Å². The second-order valence-corrected chi connectivity index (χ2v) is 7.75. The summed E-state index contributed by atoms with van der Waals surface area (Å²) < 4.78 is 4.47. The molecule has 124 valence electrons. The highest BCUT2D eigenvalue weighted by Gasteiger charge is 2.22. The molecule has 2 heterocycles. The molecule has 1 unspecified atom stereocenters. The number of nitrogens with zero attached hydrogens (tertiary/aromatic N) is 3. The molecule has 2 aromatic heterocycles. The van der Waals surface area contributed by atoms with Gasteiger partial charge in [0, 0.05) is 28.2 Å². The van der Waals surface area contributed by atoms with Gasteiger partial charge < -0.3 is 5.32 Å². The highest BCUT2D eigenvalue weighted by Crippen LogP contribution is 2.29. The summed E-state index contributed by atoms with van der Waals surface area (Å²) in [6.45, 7) is 6.31. The van der Waals surface area contributed by atoms with E-state index in [0.29, 0.717) is 5.02 Å². The number of rotatable bonds is 4. The van der Waals surface area contributed by atoms with Crippen LogP contribution in [0.3, 0.4) is 0 Å². The van der Waals surface area contributed by atoms with Crippen LogP contribution in [-0.4, -0.2) is 14.3 Å². The topological polar surface area (TPSA) is 50.7 Å². The number of anilines is 1. The largest absolute Gasteiger partial charge is 0.348 e. The Morgan fingerprint density at radius 3 is 2.58 bits per heavy atom. The fourth-order valence-corrected chi connectivity index (χ4v) is 3.26. The van der Waals surface area contributed by atoms with Crippen molar-refractivity contribution in [2.45, 2.75) is 32.2 Å². The van der Waals surface area contributed by atoms with Crippen LogP contribution in [0.2, 0.25) is 5.02 Å². The molecule has 0 aliphatic heterocycles. The van der Waals surface area contributed by atoms with Crippen LogP contribution in [0, 0.1) is 0 Å². The average molecular weight is 359 g/mol. The lowest BCUT2D eigenvalue weighted by Crippen LogP contribution is -2.15. The van der Waals surface area contributed by atoms with E-state index < -0.39 is 0 Å². The minimum absolute atomic E-state index is 0.0764. The monoisotopic (exact) mass is 358 g/mol. The van der Waals surface area contributed by atoms with E-state index in [4.69, 9.17) is 11.6 Å². The van der Waals surface area contributed by atoms with Crippen molar-refractivity contribution in [3.63, 3.8) is 0 Å². The van der Waals surface area contributed by atoms with E-state index in [2.05, 4.69) is 40.4 Å². The van der Waals surface area contributed by atoms with Gasteiger partial charge >= 0.3 is 0 Å². The number of hydrogen-bond donors (Lipinski definition) is 1. The normalized spacial score (nSPS) is 12.8. The highest BCUT2D eigenvalue weighted by atomic mass is 35.5. The van der Waals surface area contributed by atoms with Crippen molar-refractivity contribution in [1.29, 1.82) is 0 Å². The molecule has 4 nitrogen and oxygen atoms in total. The molecule has 1 aromatic carbocycles. The van der Waals surface area contributed by atoms with E-state index in [1.165, 1.54) is 11.5 Å². The molecule has 3 aromatic rings. The van der Waals surface area contributed by atoms with Crippen LogP contribution in [-0.2, 0) is 5.41 Å². The Kier molecular flexibility index (Phi) is 4.83. The maximum atomic E-state index is 6.17. The van der Waals surface area contributed by atoms with Crippen LogP contribution in [0.15, 0.2) is 48.7 Å². The lowest BCUT2D eigenvalue weighted by atomic mass is 9.96. The summed E-state index contributed by atoms with van der Waals surface area (Å²) in [5, 5.41) is 4.93. The van der Waals surface area contributed by atoms with Crippen LogP contribution in [0.25, 0.3) is 0 Å². The van der Waals surface area contributed by atoms with E-state index >= 15 is 0 Å². The zero-order chi connectivity index (χ0) is 17.2. The first-order chi connectivity index (χ1) is 11.4. The molecule has 24 heavy (non-hydrogen) atoms. The van der Waals surface area contributed by atoms with E-state index in [0.717, 1.165) is 22.2 Å². The van der Waals surface area contributed by atoms with Crippen molar-refractivity contribution in [3.05, 3.63) is 70.8 Å². The van der Waals surface area contributed by atoms with Crippen LogP contribution in [0.1, 0.15) is 43.9 Å². The summed E-state index contributed by atoms with van der Waals surface area (Å²) in [6.07, 6.45) is 1.79. The summed E-state index contributed by atoms with van der Waals surface area (Å²) in [6, 6.07) is 13.5. The molecule has 0 aliphatic carbocycles. The Bertz CT molecular complexity index is 811. The Hall–Kier alpha value is -1.98. The molecule has 0 spiro atoms. The molecule has 3 rings (SSSR count). The molecular formula is C18H19ClN4S. The lowest BCUT2D eigenvalue weighted by molar-refractivity contribution is 0.555. The van der Waals surface area contributed by atoms with E-state index in [9.17, 15) is 0 Å². The van der Waals surface area contributed by atoms with Gasteiger partial charge in [-0.1, -0.05) is 50.6 Å². The molecule has 0 fully saturated rings. The Balaban J connectivity index is 1.95. The minimum atomic E-state index is -0.134. The molecule has 0 saturated heterocycles. The molecule has 6 heteroatoms. The smallest absolute Gasteiger partial charge is 0.203 e. The van der Waals surface area contributed by atoms with Crippen LogP contribution in [0.4, 0.5) is 5.13 Å². The molecule has 1 N–H and O–H groups in total. The van der Waals surface area contributed by atoms with Crippen LogP contribution < -0.4 is 5.32 Å². The van der Waals surface area contributed by atoms with Crippen LogP contribution >= 0.6 is 23.1 Å². The number of aromatic nitrogens is 3. The van der Waals surface area contributed by atoms with Crippen molar-refractivity contribution in [2.75, 3.05) is 5.32 Å². The second-order valence-electron chi connectivity index (χ2n) is 6.56. The molecule has 0 bridgehead atoms. The zero-order valence-electron chi connectivity index (χ0n) is 13.8. The Morgan fingerprint density at radius 1 is 1.12 bits per heavy atom. The third-order valence-electron chi connectivity index (χ3n) is 3.53. The quantitative estimate of drug-likeness (QED) is 0.706. The fourth-order valence-electron chi connectivity index (χ4n) is 2.27. The van der Waals surface area contributed by atoms with Crippen LogP contribution in [0.5, 0.6) is 0 Å². The first-order valence-electron chi connectivity index (χ1n) is 7.70. The average Bonchev–Trinajstić information content (AvgIpc) is 3.02. The predicted molar refractivity (Wildman–Crippen MR) is 99.8 cm³/mol. The maximum Gasteiger partial charge on any atom is 0.203 e. The molecule has 0 saturated carbocycles. The fraction of sp³-hybridized carbons (Fsp3) is 0.278. The predicted octanol–water partition coefficient (Wildman–Crippen LogP) is 5.09. The van der Waals surface area contributed by atoms with Gasteiger partial charge in [-0.25, -0.2) is 4.98 Å². The summed E-state index contributed by atoms with van der Waals surface area (Å²) in [4.78, 5) is 9.12. The van der Waals surface area contributed by atoms with Gasteiger partial charge in [-0.3, -0.25) is 4.98 Å². The summed E-state index contributed by atoms with van der Waals surface area (Å²) in [5.41, 5.74) is 1.87. The molecule has 1 atom stereocenters. The number of benzene rings is 1. The van der Waals surface area contributed by atoms with Crippen molar-refractivity contribution in [1.82, 2.24) is 14.3 Å². The van der Waals surface area contributed by atoms with E-state index in [-0.39, 0.29) is 11.5 Å². The van der Waals surface area contributed by atoms with Gasteiger partial charge in [0.1, 0.15) is 5.82 Å². The summed E-state index contributed by atoms with van der Waals surface area (Å²) in [5.74, 6) is 0.834. The minimum Gasteiger partial charge on any atom is -0.348 e. The third-order valence-corrected chi connectivity index (χ3v) is 4.41. The Labute approximate surface area is 151 Å². The van der Waals surface area contributed by atoms with Gasteiger partial charge in [0.15, 0.2) is 0 Å². The van der Waals surface area contributed by atoms with Crippen molar-refractivity contribution in [3.8, 4) is 0 Å². The van der Waals surface area contributed by atoms with Gasteiger partial charge in [0.2, 0.25) is 5.13 Å². The standard InChI is InChI=1S/C18H19ClN4S/c1-18(2,3)16-22-17(24-23-16)21-15(14-9-4-5-10-20-14)12-7-6-8-13(19)11-12/h4-11,15H,1-3H3,(H,21,22,23). The zero-order valence-corrected chi connectivity index (χ0v) is 15.4. The third kappa shape index (κ3) is 3.91. The highest BCUT2D eigenvalue weighted by molar-refractivity contribution is 7.09. The van der Waals surface area contributed by atoms with Gasteiger partial charge in [-0.2, -0.15) is 4.37 Å². The van der Waals surface area contributed by atoms with Gasteiger partial charge in [-0.15, -0.1) is 0 Å². The van der Waals surface area contributed by atoms with Gasteiger partial charge in [0.05, 0.1) is 11.7 Å². The molecule has 0 amide bonds. The second kappa shape index (κ2) is 6.87. The number of hydrogen-bond acceptors (Lipinski definition) is 5.